The van der Waals surface area contributed by atoms with Gasteiger partial charge in [0.15, 0.2) is 0 Å². The normalized spacial score (nSPS) is 10.1. The SMILES string of the molecule is CN(c1cccnc1)c1nc(N)cc(Br)n1. The van der Waals surface area contributed by atoms with Crippen molar-refractivity contribution in [3.8, 4) is 0 Å². The molecule has 0 fully saturated rings. The van der Waals surface area contributed by atoms with Crippen LogP contribution in [-0.2, 0) is 0 Å². The predicted octanol–water partition coefficient (Wildman–Crippen LogP) is 1.98. The first kappa shape index (κ1) is 10.8. The third-order valence-corrected chi connectivity index (χ3v) is 2.44. The maximum atomic E-state index is 5.65. The molecule has 16 heavy (non-hydrogen) atoms. The zero-order valence-corrected chi connectivity index (χ0v) is 10.2. The Morgan fingerprint density at radius 2 is 2.19 bits per heavy atom. The Hall–Kier alpha value is -1.69. The summed E-state index contributed by atoms with van der Waals surface area (Å²) < 4.78 is 0.658. The van der Waals surface area contributed by atoms with E-state index in [-0.39, 0.29) is 0 Å². The van der Waals surface area contributed by atoms with E-state index in [2.05, 4.69) is 30.9 Å². The molecule has 0 aliphatic heterocycles. The van der Waals surface area contributed by atoms with Crippen LogP contribution in [0.2, 0.25) is 0 Å². The van der Waals surface area contributed by atoms with E-state index in [1.807, 2.05) is 24.1 Å². The van der Waals surface area contributed by atoms with Gasteiger partial charge in [-0.3, -0.25) is 4.98 Å². The minimum Gasteiger partial charge on any atom is -0.383 e. The summed E-state index contributed by atoms with van der Waals surface area (Å²) in [6, 6.07) is 5.43. The van der Waals surface area contributed by atoms with Crippen molar-refractivity contribution in [2.24, 2.45) is 0 Å². The highest BCUT2D eigenvalue weighted by Crippen LogP contribution is 2.21. The van der Waals surface area contributed by atoms with Crippen molar-refractivity contribution in [2.45, 2.75) is 0 Å². The molecule has 0 atom stereocenters. The quantitative estimate of drug-likeness (QED) is 0.852. The molecule has 5 nitrogen and oxygen atoms in total. The summed E-state index contributed by atoms with van der Waals surface area (Å²) in [6.07, 6.45) is 3.45. The van der Waals surface area contributed by atoms with Gasteiger partial charge in [-0.15, -0.1) is 0 Å². The molecular formula is C10H10BrN5. The van der Waals surface area contributed by atoms with Crippen LogP contribution in [0.4, 0.5) is 17.5 Å². The molecule has 0 aromatic carbocycles. The second-order valence-electron chi connectivity index (χ2n) is 3.19. The second-order valence-corrected chi connectivity index (χ2v) is 4.00. The minimum atomic E-state index is 0.424. The smallest absolute Gasteiger partial charge is 0.232 e. The maximum absolute atomic E-state index is 5.65. The molecule has 2 heterocycles. The molecule has 0 spiro atoms. The molecule has 0 saturated heterocycles. The van der Waals surface area contributed by atoms with Gasteiger partial charge in [0, 0.05) is 19.3 Å². The Balaban J connectivity index is 2.37. The van der Waals surface area contributed by atoms with Gasteiger partial charge in [0.25, 0.3) is 0 Å². The topological polar surface area (TPSA) is 67.9 Å². The highest BCUT2D eigenvalue weighted by Gasteiger charge is 2.08. The van der Waals surface area contributed by atoms with E-state index in [9.17, 15) is 0 Å². The molecule has 2 aromatic heterocycles. The minimum absolute atomic E-state index is 0.424. The molecule has 0 aliphatic rings. The highest BCUT2D eigenvalue weighted by molar-refractivity contribution is 9.10. The van der Waals surface area contributed by atoms with Crippen LogP contribution in [0.25, 0.3) is 0 Å². The lowest BCUT2D eigenvalue weighted by atomic mass is 10.4. The van der Waals surface area contributed by atoms with Crippen molar-refractivity contribution in [3.63, 3.8) is 0 Å². The fraction of sp³-hybridized carbons (Fsp3) is 0.100. The molecule has 0 aliphatic carbocycles. The van der Waals surface area contributed by atoms with Gasteiger partial charge in [0.1, 0.15) is 10.4 Å². The van der Waals surface area contributed by atoms with Crippen LogP contribution < -0.4 is 10.6 Å². The van der Waals surface area contributed by atoms with Crippen LogP contribution in [0.3, 0.4) is 0 Å². The average molecular weight is 280 g/mol. The van der Waals surface area contributed by atoms with Crippen molar-refractivity contribution in [1.82, 2.24) is 15.0 Å². The highest BCUT2D eigenvalue weighted by atomic mass is 79.9. The average Bonchev–Trinajstić information content (AvgIpc) is 2.28. The van der Waals surface area contributed by atoms with E-state index in [0.29, 0.717) is 16.4 Å². The number of halogens is 1. The molecule has 0 bridgehead atoms. The fourth-order valence-electron chi connectivity index (χ4n) is 1.24. The lowest BCUT2D eigenvalue weighted by molar-refractivity contribution is 1.03. The summed E-state index contributed by atoms with van der Waals surface area (Å²) in [5, 5.41) is 0. The Kier molecular flexibility index (Phi) is 3.00. The first-order valence-electron chi connectivity index (χ1n) is 4.60. The van der Waals surface area contributed by atoms with Crippen molar-refractivity contribution < 1.29 is 0 Å². The van der Waals surface area contributed by atoms with Crippen molar-refractivity contribution >= 4 is 33.4 Å². The van der Waals surface area contributed by atoms with Crippen LogP contribution >= 0.6 is 15.9 Å². The van der Waals surface area contributed by atoms with Gasteiger partial charge in [-0.2, -0.15) is 4.98 Å². The summed E-state index contributed by atoms with van der Waals surface area (Å²) in [5.41, 5.74) is 6.55. The van der Waals surface area contributed by atoms with E-state index in [1.165, 1.54) is 0 Å². The molecule has 2 rings (SSSR count). The Morgan fingerprint density at radius 1 is 1.38 bits per heavy atom. The van der Waals surface area contributed by atoms with E-state index >= 15 is 0 Å². The molecule has 6 heteroatoms. The first-order valence-corrected chi connectivity index (χ1v) is 5.40. The van der Waals surface area contributed by atoms with Crippen molar-refractivity contribution in [3.05, 3.63) is 35.2 Å². The molecular weight excluding hydrogens is 270 g/mol. The number of anilines is 3. The number of hydrogen-bond acceptors (Lipinski definition) is 5. The molecule has 2 N–H and O–H groups in total. The number of rotatable bonds is 2. The Bertz CT molecular complexity index is 468. The number of nitrogens with two attached hydrogens (primary N) is 1. The zero-order chi connectivity index (χ0) is 11.5. The summed E-state index contributed by atoms with van der Waals surface area (Å²) in [6.45, 7) is 0. The van der Waals surface area contributed by atoms with E-state index in [0.717, 1.165) is 5.69 Å². The largest absolute Gasteiger partial charge is 0.383 e. The predicted molar refractivity (Wildman–Crippen MR) is 66.4 cm³/mol. The van der Waals surface area contributed by atoms with Gasteiger partial charge in [0.2, 0.25) is 5.95 Å². The summed E-state index contributed by atoms with van der Waals surface area (Å²) in [4.78, 5) is 14.2. The zero-order valence-electron chi connectivity index (χ0n) is 8.63. The lowest BCUT2D eigenvalue weighted by Crippen LogP contribution is -2.14. The van der Waals surface area contributed by atoms with Gasteiger partial charge in [-0.1, -0.05) is 0 Å². The number of aromatic nitrogens is 3. The molecule has 2 aromatic rings. The van der Waals surface area contributed by atoms with Crippen LogP contribution in [0.15, 0.2) is 35.2 Å². The summed E-state index contributed by atoms with van der Waals surface area (Å²) in [7, 11) is 1.86. The van der Waals surface area contributed by atoms with Crippen LogP contribution in [-0.4, -0.2) is 22.0 Å². The van der Waals surface area contributed by atoms with Gasteiger partial charge < -0.3 is 10.6 Å². The van der Waals surface area contributed by atoms with Crippen LogP contribution in [0.5, 0.6) is 0 Å². The lowest BCUT2D eigenvalue weighted by Gasteiger charge is -2.16. The Morgan fingerprint density at radius 3 is 2.81 bits per heavy atom. The maximum Gasteiger partial charge on any atom is 0.232 e. The summed E-state index contributed by atoms with van der Waals surface area (Å²) in [5.74, 6) is 0.951. The molecule has 0 radical (unpaired) electrons. The van der Waals surface area contributed by atoms with Crippen molar-refractivity contribution in [2.75, 3.05) is 17.7 Å². The van der Waals surface area contributed by atoms with Gasteiger partial charge in [-0.25, -0.2) is 4.98 Å². The van der Waals surface area contributed by atoms with E-state index < -0.39 is 0 Å². The number of pyridine rings is 1. The van der Waals surface area contributed by atoms with E-state index in [1.54, 1.807) is 18.5 Å². The Labute approximate surface area is 101 Å². The van der Waals surface area contributed by atoms with Crippen molar-refractivity contribution in [1.29, 1.82) is 0 Å². The monoisotopic (exact) mass is 279 g/mol. The van der Waals surface area contributed by atoms with Crippen LogP contribution in [0.1, 0.15) is 0 Å². The standard InChI is InChI=1S/C10H10BrN5/c1-16(7-3-2-4-13-6-7)10-14-8(11)5-9(12)15-10/h2-6H,1H3,(H2,12,14,15). The van der Waals surface area contributed by atoms with Gasteiger partial charge >= 0.3 is 0 Å². The summed E-state index contributed by atoms with van der Waals surface area (Å²) >= 11 is 3.28. The third-order valence-electron chi connectivity index (χ3n) is 2.04. The van der Waals surface area contributed by atoms with Gasteiger partial charge in [-0.05, 0) is 28.1 Å². The molecule has 82 valence electrons. The van der Waals surface area contributed by atoms with Crippen LogP contribution in [0, 0.1) is 0 Å². The first-order chi connectivity index (χ1) is 7.66. The van der Waals surface area contributed by atoms with Gasteiger partial charge in [0.05, 0.1) is 11.9 Å². The van der Waals surface area contributed by atoms with E-state index in [4.69, 9.17) is 5.73 Å². The number of nitrogen functional groups attached to an aromatic ring is 1. The molecule has 0 unspecified atom stereocenters. The number of hydrogen-bond donors (Lipinski definition) is 1. The number of nitrogens with zero attached hydrogens (tertiary/aromatic N) is 4. The molecule has 0 saturated carbocycles. The third kappa shape index (κ3) is 2.27. The fourth-order valence-corrected chi connectivity index (χ4v) is 1.63. The molecule has 0 amide bonds. The second kappa shape index (κ2) is 4.44.